The van der Waals surface area contributed by atoms with Gasteiger partial charge in [0.25, 0.3) is 11.1 Å². The highest BCUT2D eigenvalue weighted by Gasteiger charge is 2.36. The minimum absolute atomic E-state index is 0.0152. The molecule has 0 radical (unpaired) electrons. The summed E-state index contributed by atoms with van der Waals surface area (Å²) in [5.74, 6) is -0.544. The maximum absolute atomic E-state index is 14.0. The number of methoxy groups -OCH3 is 1. The Bertz CT molecular complexity index is 1440. The first-order valence-electron chi connectivity index (χ1n) is 11.5. The predicted molar refractivity (Wildman–Crippen MR) is 154 cm³/mol. The van der Waals surface area contributed by atoms with Crippen LogP contribution in [0.25, 0.3) is 6.08 Å². The average molecular weight is 646 g/mol. The van der Waals surface area contributed by atoms with Crippen LogP contribution in [-0.2, 0) is 16.2 Å². The third kappa shape index (κ3) is 6.18. The molecule has 1 heterocycles. The summed E-state index contributed by atoms with van der Waals surface area (Å²) in [6, 6.07) is 15.4. The molecule has 3 amide bonds. The molecule has 0 bridgehead atoms. The molecular weight excluding hydrogens is 622 g/mol. The van der Waals surface area contributed by atoms with Crippen LogP contribution in [0.3, 0.4) is 0 Å². The van der Waals surface area contributed by atoms with Gasteiger partial charge >= 0.3 is 0 Å². The van der Waals surface area contributed by atoms with Crippen molar-refractivity contribution in [3.05, 3.63) is 91.1 Å². The number of benzene rings is 3. The quantitative estimate of drug-likeness (QED) is 0.228. The fraction of sp³-hybridized carbons (Fsp3) is 0.179. The number of nitrogens with zero attached hydrogens (tertiary/aromatic N) is 1. The van der Waals surface area contributed by atoms with Crippen molar-refractivity contribution in [1.82, 2.24) is 4.90 Å². The molecule has 0 atom stereocenters. The van der Waals surface area contributed by atoms with Gasteiger partial charge in [0, 0.05) is 11.3 Å². The number of thioether (sulfide) groups is 1. The Kier molecular flexibility index (Phi) is 8.72. The summed E-state index contributed by atoms with van der Waals surface area (Å²) in [5.41, 5.74) is 3.45. The van der Waals surface area contributed by atoms with Gasteiger partial charge in [-0.3, -0.25) is 19.3 Å². The van der Waals surface area contributed by atoms with Gasteiger partial charge in [-0.05, 0) is 89.2 Å². The number of nitrogens with one attached hydrogen (secondary N) is 1. The summed E-state index contributed by atoms with van der Waals surface area (Å²) in [4.78, 5) is 39.3. The predicted octanol–water partition coefficient (Wildman–Crippen LogP) is 6.31. The van der Waals surface area contributed by atoms with Crippen molar-refractivity contribution in [3.63, 3.8) is 0 Å². The molecule has 0 aliphatic carbocycles. The van der Waals surface area contributed by atoms with Crippen LogP contribution in [0.5, 0.6) is 11.5 Å². The second kappa shape index (κ2) is 12.0. The lowest BCUT2D eigenvalue weighted by Crippen LogP contribution is -2.36. The van der Waals surface area contributed by atoms with Gasteiger partial charge in [0.2, 0.25) is 5.91 Å². The zero-order valence-corrected chi connectivity index (χ0v) is 23.8. The molecule has 1 N–H and O–H groups in total. The number of amides is 3. The van der Waals surface area contributed by atoms with Crippen LogP contribution in [-0.4, -0.2) is 35.6 Å². The van der Waals surface area contributed by atoms with Gasteiger partial charge in [-0.15, -0.1) is 0 Å². The lowest BCUT2D eigenvalue weighted by molar-refractivity contribution is -0.127. The van der Waals surface area contributed by atoms with Gasteiger partial charge in [-0.1, -0.05) is 36.4 Å². The highest BCUT2D eigenvalue weighted by Crippen LogP contribution is 2.37. The van der Waals surface area contributed by atoms with Crippen molar-refractivity contribution < 1.29 is 28.2 Å². The third-order valence-corrected chi connectivity index (χ3v) is 7.51. The Morgan fingerprint density at radius 1 is 1.11 bits per heavy atom. The van der Waals surface area contributed by atoms with E-state index in [-0.39, 0.29) is 23.9 Å². The normalized spacial score (nSPS) is 14.2. The third-order valence-electron chi connectivity index (χ3n) is 5.80. The molecule has 3 aromatic carbocycles. The van der Waals surface area contributed by atoms with E-state index in [2.05, 4.69) is 27.9 Å². The SMILES string of the molecule is COc1cc(/C=C2/SC(=O)N(CC(=O)Nc3c(C)cccc3C)C2=O)cc(I)c1OCc1ccccc1F. The van der Waals surface area contributed by atoms with Crippen molar-refractivity contribution in [2.24, 2.45) is 0 Å². The van der Waals surface area contributed by atoms with Crippen LogP contribution in [0.15, 0.2) is 59.5 Å². The molecular formula is C28H24FIN2O5S. The molecule has 3 aromatic rings. The first kappa shape index (κ1) is 27.6. The van der Waals surface area contributed by atoms with E-state index < -0.39 is 17.1 Å². The second-order valence-electron chi connectivity index (χ2n) is 8.50. The summed E-state index contributed by atoms with van der Waals surface area (Å²) in [5, 5.41) is 2.27. The lowest BCUT2D eigenvalue weighted by Gasteiger charge is -2.15. The van der Waals surface area contributed by atoms with Crippen LogP contribution in [0.4, 0.5) is 14.9 Å². The average Bonchev–Trinajstić information content (AvgIpc) is 3.13. The van der Waals surface area contributed by atoms with E-state index in [0.29, 0.717) is 31.9 Å². The van der Waals surface area contributed by atoms with Gasteiger partial charge in [-0.2, -0.15) is 0 Å². The number of hydrogen-bond donors (Lipinski definition) is 1. The molecule has 1 fully saturated rings. The van der Waals surface area contributed by atoms with Gasteiger partial charge in [-0.25, -0.2) is 4.39 Å². The van der Waals surface area contributed by atoms with E-state index in [1.54, 1.807) is 36.4 Å². The van der Waals surface area contributed by atoms with Gasteiger partial charge in [0.05, 0.1) is 15.6 Å². The summed E-state index contributed by atoms with van der Waals surface area (Å²) in [7, 11) is 1.48. The minimum atomic E-state index is -0.550. The highest BCUT2D eigenvalue weighted by molar-refractivity contribution is 14.1. The molecule has 4 rings (SSSR count). The maximum Gasteiger partial charge on any atom is 0.294 e. The summed E-state index contributed by atoms with van der Waals surface area (Å²) < 4.78 is 26.0. The zero-order chi connectivity index (χ0) is 27.4. The van der Waals surface area contributed by atoms with E-state index in [4.69, 9.17) is 9.47 Å². The van der Waals surface area contributed by atoms with Crippen LogP contribution in [0.1, 0.15) is 22.3 Å². The van der Waals surface area contributed by atoms with E-state index in [9.17, 15) is 18.8 Å². The van der Waals surface area contributed by atoms with Crippen molar-refractivity contribution in [2.75, 3.05) is 19.0 Å². The smallest absolute Gasteiger partial charge is 0.294 e. The first-order chi connectivity index (χ1) is 18.2. The number of anilines is 1. The van der Waals surface area contributed by atoms with E-state index >= 15 is 0 Å². The molecule has 0 aromatic heterocycles. The Morgan fingerprint density at radius 2 is 1.82 bits per heavy atom. The Hall–Kier alpha value is -3.38. The molecule has 10 heteroatoms. The van der Waals surface area contributed by atoms with Crippen LogP contribution in [0.2, 0.25) is 0 Å². The molecule has 196 valence electrons. The molecule has 38 heavy (non-hydrogen) atoms. The van der Waals surface area contributed by atoms with Gasteiger partial charge in [0.1, 0.15) is 19.0 Å². The number of halogens is 2. The number of rotatable bonds is 8. The largest absolute Gasteiger partial charge is 0.493 e. The molecule has 0 unspecified atom stereocenters. The summed E-state index contributed by atoms with van der Waals surface area (Å²) >= 11 is 2.83. The summed E-state index contributed by atoms with van der Waals surface area (Å²) in [6.45, 7) is 3.37. The standard InChI is InChI=1S/C28H24FIN2O5S/c1-16-7-6-8-17(2)25(16)31-24(33)14-32-27(34)23(38-28(32)35)13-18-11-21(30)26(22(12-18)36-3)37-15-19-9-4-5-10-20(19)29/h4-13H,14-15H2,1-3H3,(H,31,33)/b23-13+. The van der Waals surface area contributed by atoms with Crippen molar-refractivity contribution in [2.45, 2.75) is 20.5 Å². The number of aryl methyl sites for hydroxylation is 2. The number of imide groups is 1. The van der Waals surface area contributed by atoms with Crippen molar-refractivity contribution in [1.29, 1.82) is 0 Å². The lowest BCUT2D eigenvalue weighted by atomic mass is 10.1. The topological polar surface area (TPSA) is 84.9 Å². The van der Waals surface area contributed by atoms with Crippen LogP contribution < -0.4 is 14.8 Å². The molecule has 0 spiro atoms. The van der Waals surface area contributed by atoms with Crippen molar-refractivity contribution >= 4 is 63.2 Å². The van der Waals surface area contributed by atoms with Gasteiger partial charge < -0.3 is 14.8 Å². The first-order valence-corrected chi connectivity index (χ1v) is 13.4. The molecule has 0 saturated carbocycles. The van der Waals surface area contributed by atoms with Crippen molar-refractivity contribution in [3.8, 4) is 11.5 Å². The number of hydrogen-bond acceptors (Lipinski definition) is 6. The van der Waals surface area contributed by atoms with E-state index in [0.717, 1.165) is 27.8 Å². The zero-order valence-electron chi connectivity index (χ0n) is 20.8. The fourth-order valence-electron chi connectivity index (χ4n) is 3.85. The van der Waals surface area contributed by atoms with Crippen LogP contribution in [0, 0.1) is 23.2 Å². The Balaban J connectivity index is 1.49. The highest BCUT2D eigenvalue weighted by atomic mass is 127. The minimum Gasteiger partial charge on any atom is -0.493 e. The molecule has 1 aliphatic heterocycles. The molecule has 1 aliphatic rings. The molecule has 1 saturated heterocycles. The van der Waals surface area contributed by atoms with E-state index in [1.165, 1.54) is 13.2 Å². The van der Waals surface area contributed by atoms with Gasteiger partial charge in [0.15, 0.2) is 11.5 Å². The number of para-hydroxylation sites is 1. The summed E-state index contributed by atoms with van der Waals surface area (Å²) in [6.07, 6.45) is 1.57. The Labute approximate surface area is 237 Å². The second-order valence-corrected chi connectivity index (χ2v) is 10.7. The van der Waals surface area contributed by atoms with Crippen LogP contribution >= 0.6 is 34.4 Å². The number of carbonyl (C=O) groups excluding carboxylic acids is 3. The number of carbonyl (C=O) groups is 3. The number of ether oxygens (including phenoxy) is 2. The Morgan fingerprint density at radius 3 is 2.50 bits per heavy atom. The molecule has 7 nitrogen and oxygen atoms in total. The fourth-order valence-corrected chi connectivity index (χ4v) is 5.47. The monoisotopic (exact) mass is 646 g/mol. The van der Waals surface area contributed by atoms with E-state index in [1.807, 2.05) is 32.0 Å². The maximum atomic E-state index is 14.0.